The van der Waals surface area contributed by atoms with Gasteiger partial charge in [0.25, 0.3) is 0 Å². The summed E-state index contributed by atoms with van der Waals surface area (Å²) in [6, 6.07) is 10.6. The molecule has 1 aromatic heterocycles. The van der Waals surface area contributed by atoms with E-state index in [-0.39, 0.29) is 11.6 Å². The molecule has 0 saturated heterocycles. The molecule has 0 aliphatic heterocycles. The minimum Gasteiger partial charge on any atom is -0.508 e. The van der Waals surface area contributed by atoms with Crippen LogP contribution < -0.4 is 11.2 Å². The number of rotatable bonds is 4. The normalized spacial score (nSPS) is 12.0. The second-order valence-corrected chi connectivity index (χ2v) is 5.29. The zero-order chi connectivity index (χ0) is 16.2. The highest BCUT2D eigenvalue weighted by atomic mass is 16.3. The lowest BCUT2D eigenvalue weighted by Crippen LogP contribution is -2.28. The number of amidine groups is 1. The predicted octanol–water partition coefficient (Wildman–Crippen LogP) is 3.11. The van der Waals surface area contributed by atoms with Crippen molar-refractivity contribution >= 4 is 17.3 Å². The van der Waals surface area contributed by atoms with Gasteiger partial charge >= 0.3 is 0 Å². The van der Waals surface area contributed by atoms with Gasteiger partial charge in [0.1, 0.15) is 11.6 Å². The molecule has 0 atom stereocenters. The number of pyridine rings is 1. The van der Waals surface area contributed by atoms with Crippen LogP contribution in [0, 0.1) is 5.53 Å². The lowest BCUT2D eigenvalue weighted by atomic mass is 9.83. The summed E-state index contributed by atoms with van der Waals surface area (Å²) in [6.45, 7) is 3.78. The summed E-state index contributed by atoms with van der Waals surface area (Å²) in [4.78, 5) is 4.13. The minimum atomic E-state index is -0.597. The maximum atomic E-state index is 9.47. The van der Waals surface area contributed by atoms with Gasteiger partial charge < -0.3 is 16.3 Å². The van der Waals surface area contributed by atoms with Gasteiger partial charge in [-0.2, -0.15) is 5.10 Å². The summed E-state index contributed by atoms with van der Waals surface area (Å²) in [5, 5.41) is 19.5. The van der Waals surface area contributed by atoms with Crippen molar-refractivity contribution in [1.82, 2.24) is 4.98 Å². The van der Waals surface area contributed by atoms with Gasteiger partial charge in [0.2, 0.25) is 0 Å². The van der Waals surface area contributed by atoms with E-state index < -0.39 is 5.41 Å². The molecule has 0 bridgehead atoms. The molecule has 0 aliphatic rings. The van der Waals surface area contributed by atoms with E-state index in [1.165, 1.54) is 18.3 Å². The van der Waals surface area contributed by atoms with E-state index in [0.717, 1.165) is 11.3 Å². The topological polar surface area (TPSA) is 120 Å². The van der Waals surface area contributed by atoms with Crippen molar-refractivity contribution < 1.29 is 5.11 Å². The Morgan fingerprint density at radius 2 is 2.09 bits per heavy atom. The number of aromatic nitrogens is 1. The van der Waals surface area contributed by atoms with Crippen LogP contribution in [0.15, 0.2) is 52.8 Å². The van der Waals surface area contributed by atoms with Crippen LogP contribution >= 0.6 is 0 Å². The average molecular weight is 298 g/mol. The Hall–Kier alpha value is -2.96. The molecule has 5 N–H and O–H groups in total. The second-order valence-electron chi connectivity index (χ2n) is 5.29. The Bertz CT molecular complexity index is 711. The van der Waals surface area contributed by atoms with E-state index in [4.69, 9.17) is 11.4 Å². The molecule has 1 aromatic carbocycles. The quantitative estimate of drug-likeness (QED) is 0.228. The zero-order valence-electron chi connectivity index (χ0n) is 12.4. The number of nitrogens with one attached hydrogen (secondary N) is 2. The molecule has 0 unspecified atom stereocenters. The molecule has 0 saturated carbocycles. The fourth-order valence-electron chi connectivity index (χ4n) is 2.08. The van der Waals surface area contributed by atoms with Gasteiger partial charge in [-0.3, -0.25) is 0 Å². The highest BCUT2D eigenvalue weighted by molar-refractivity contribution is 5.92. The summed E-state index contributed by atoms with van der Waals surface area (Å²) < 4.78 is 0. The van der Waals surface area contributed by atoms with E-state index in [0.29, 0.717) is 5.82 Å². The Kier molecular flexibility index (Phi) is 4.36. The first-order valence-electron chi connectivity index (χ1n) is 6.66. The number of hydrogen-bond donors (Lipinski definition) is 4. The molecule has 2 rings (SSSR count). The van der Waals surface area contributed by atoms with E-state index in [9.17, 15) is 5.11 Å². The van der Waals surface area contributed by atoms with Crippen LogP contribution in [0.2, 0.25) is 0 Å². The van der Waals surface area contributed by atoms with E-state index >= 15 is 0 Å². The molecule has 22 heavy (non-hydrogen) atoms. The van der Waals surface area contributed by atoms with E-state index in [1.54, 1.807) is 0 Å². The third-order valence-electron chi connectivity index (χ3n) is 3.39. The van der Waals surface area contributed by atoms with Gasteiger partial charge in [0, 0.05) is 18.0 Å². The van der Waals surface area contributed by atoms with Gasteiger partial charge in [-0.05, 0) is 37.6 Å². The number of benzene rings is 1. The molecule has 0 fully saturated rings. The molecule has 114 valence electrons. The van der Waals surface area contributed by atoms with Crippen LogP contribution in [0.4, 0.5) is 11.5 Å². The highest BCUT2D eigenvalue weighted by Crippen LogP contribution is 2.28. The summed E-state index contributed by atoms with van der Waals surface area (Å²) in [6.07, 6.45) is 1.52. The van der Waals surface area contributed by atoms with Gasteiger partial charge in [-0.15, -0.1) is 5.11 Å². The van der Waals surface area contributed by atoms with Crippen molar-refractivity contribution in [2.45, 2.75) is 19.3 Å². The summed E-state index contributed by atoms with van der Waals surface area (Å²) >= 11 is 0. The van der Waals surface area contributed by atoms with E-state index in [2.05, 4.69) is 20.5 Å². The molecule has 7 heteroatoms. The lowest BCUT2D eigenvalue weighted by Gasteiger charge is -2.23. The zero-order valence-corrected chi connectivity index (χ0v) is 12.4. The van der Waals surface area contributed by atoms with E-state index in [1.807, 2.05) is 38.1 Å². The van der Waals surface area contributed by atoms with Crippen molar-refractivity contribution in [2.75, 3.05) is 5.32 Å². The number of anilines is 2. The molecule has 7 nitrogen and oxygen atoms in total. The molecule has 0 amide bonds. The molecule has 0 radical (unpaired) electrons. The first-order chi connectivity index (χ1) is 10.5. The van der Waals surface area contributed by atoms with Crippen LogP contribution in [0.3, 0.4) is 0 Å². The van der Waals surface area contributed by atoms with Crippen LogP contribution in [0.25, 0.3) is 0 Å². The Labute approximate surface area is 128 Å². The third-order valence-corrected chi connectivity index (χ3v) is 3.39. The number of nitrogens with two attached hydrogens (primary N) is 1. The largest absolute Gasteiger partial charge is 0.508 e. The Morgan fingerprint density at radius 1 is 1.32 bits per heavy atom. The van der Waals surface area contributed by atoms with Gasteiger partial charge in [-0.1, -0.05) is 12.1 Å². The van der Waals surface area contributed by atoms with Gasteiger partial charge in [0.05, 0.1) is 5.41 Å². The van der Waals surface area contributed by atoms with Crippen molar-refractivity contribution in [3.63, 3.8) is 0 Å². The van der Waals surface area contributed by atoms with Gasteiger partial charge in [0.15, 0.2) is 5.84 Å². The summed E-state index contributed by atoms with van der Waals surface area (Å²) in [7, 11) is 0. The fraction of sp³-hybridized carbons (Fsp3) is 0.200. The SMILES string of the molecule is CC(C)(/C(N=N)=N/N)c1cccc(Nc2cc(O)ccn2)c1. The summed E-state index contributed by atoms with van der Waals surface area (Å²) in [5.74, 6) is 6.22. The minimum absolute atomic E-state index is 0.138. The fourth-order valence-corrected chi connectivity index (χ4v) is 2.08. The standard InChI is InChI=1S/C15H18N6O/c1-15(2,14(20-16)21-17)10-4-3-5-11(8-10)19-13-9-12(22)6-7-18-13/h3-9,16H,17H2,1-2H3,(H2,18,19,22)/b20-16?,21-14-. The Morgan fingerprint density at radius 3 is 2.73 bits per heavy atom. The van der Waals surface area contributed by atoms with Crippen molar-refractivity contribution in [1.29, 1.82) is 5.53 Å². The highest BCUT2D eigenvalue weighted by Gasteiger charge is 2.28. The lowest BCUT2D eigenvalue weighted by molar-refractivity contribution is 0.475. The third kappa shape index (κ3) is 3.20. The molecule has 0 aliphatic carbocycles. The number of nitrogens with zero attached hydrogens (tertiary/aromatic N) is 3. The van der Waals surface area contributed by atoms with Crippen molar-refractivity contribution in [3.05, 3.63) is 48.2 Å². The van der Waals surface area contributed by atoms with Crippen LogP contribution in [0.5, 0.6) is 5.75 Å². The molecular formula is C15H18N6O. The number of hydrazone groups is 1. The molecule has 1 heterocycles. The summed E-state index contributed by atoms with van der Waals surface area (Å²) in [5.41, 5.74) is 8.28. The number of hydrogen-bond acceptors (Lipinski definition) is 6. The maximum Gasteiger partial charge on any atom is 0.179 e. The maximum absolute atomic E-state index is 9.47. The number of aromatic hydroxyl groups is 1. The first-order valence-corrected chi connectivity index (χ1v) is 6.66. The Balaban J connectivity index is 2.32. The first kappa shape index (κ1) is 15.4. The van der Waals surface area contributed by atoms with Crippen molar-refractivity contribution in [3.8, 4) is 5.75 Å². The predicted molar refractivity (Wildman–Crippen MR) is 85.4 cm³/mol. The van der Waals surface area contributed by atoms with Crippen molar-refractivity contribution in [2.24, 2.45) is 16.1 Å². The van der Waals surface area contributed by atoms with Crippen LogP contribution in [0.1, 0.15) is 19.4 Å². The molecule has 0 spiro atoms. The monoisotopic (exact) mass is 298 g/mol. The molecular weight excluding hydrogens is 280 g/mol. The van der Waals surface area contributed by atoms with Crippen LogP contribution in [-0.4, -0.2) is 15.9 Å². The molecule has 2 aromatic rings. The average Bonchev–Trinajstić information content (AvgIpc) is 2.48. The second kappa shape index (κ2) is 6.21. The van der Waals surface area contributed by atoms with Gasteiger partial charge in [-0.25, -0.2) is 10.5 Å². The smallest absolute Gasteiger partial charge is 0.179 e. The van der Waals surface area contributed by atoms with Crippen LogP contribution in [-0.2, 0) is 5.41 Å².